The van der Waals surface area contributed by atoms with E-state index >= 15 is 16.8 Å². The summed E-state index contributed by atoms with van der Waals surface area (Å²) in [6.07, 6.45) is 0. The number of anilines is 2. The second-order valence-corrected chi connectivity index (χ2v) is 21.6. The van der Waals surface area contributed by atoms with Gasteiger partial charge < -0.3 is 0 Å². The van der Waals surface area contributed by atoms with Crippen molar-refractivity contribution in [2.75, 3.05) is 10.0 Å². The molecule has 0 fully saturated rings. The van der Waals surface area contributed by atoms with E-state index in [2.05, 4.69) is 0 Å². The van der Waals surface area contributed by atoms with Crippen LogP contribution in [-0.4, -0.2) is 38.8 Å². The summed E-state index contributed by atoms with van der Waals surface area (Å²) in [5.41, 5.74) is 5.78. The Bertz CT molecular complexity index is 2860. The molecular weight excluding hydrogens is 927 g/mol. The summed E-state index contributed by atoms with van der Waals surface area (Å²) in [6, 6.07) is 52.2. The average molecular weight is 965 g/mol. The van der Waals surface area contributed by atoms with Gasteiger partial charge in [-0.05, 0) is 106 Å². The fourth-order valence-corrected chi connectivity index (χ4v) is 12.9. The van der Waals surface area contributed by atoms with Gasteiger partial charge in [0.15, 0.2) is 19.7 Å². The van der Waals surface area contributed by atoms with Crippen molar-refractivity contribution in [1.29, 1.82) is 0 Å². The first-order valence-electron chi connectivity index (χ1n) is 20.2. The molecule has 2 aliphatic heterocycles. The summed E-state index contributed by atoms with van der Waals surface area (Å²) in [5.74, 6) is -0.546. The lowest BCUT2D eigenvalue weighted by Gasteiger charge is -2.31. The van der Waals surface area contributed by atoms with E-state index in [0.717, 1.165) is 0 Å². The fourth-order valence-electron chi connectivity index (χ4n) is 8.37. The van der Waals surface area contributed by atoms with Crippen LogP contribution in [0.3, 0.4) is 0 Å². The Kier molecular flexibility index (Phi) is 12.4. The molecule has 4 atom stereocenters. The molecule has 0 radical (unpaired) electrons. The molecule has 4 unspecified atom stereocenters. The van der Waals surface area contributed by atoms with Gasteiger partial charge in [-0.15, -0.1) is 0 Å². The van der Waals surface area contributed by atoms with E-state index in [1.54, 1.807) is 107 Å². The first-order valence-corrected chi connectivity index (χ1v) is 25.2. The number of nitrogens with zero attached hydrogens (tertiary/aromatic N) is 4. The summed E-state index contributed by atoms with van der Waals surface area (Å²) >= 11 is 25.1. The van der Waals surface area contributed by atoms with Gasteiger partial charge in [0.05, 0.1) is 34.3 Å². The summed E-state index contributed by atoms with van der Waals surface area (Å²) in [7, 11) is -8.03. The van der Waals surface area contributed by atoms with Gasteiger partial charge in [-0.3, -0.25) is 10.0 Å². The topological polar surface area (TPSA) is 99.5 Å². The third-order valence-corrected chi connectivity index (χ3v) is 16.3. The molecule has 64 heavy (non-hydrogen) atoms. The smallest absolute Gasteiger partial charge is 0.165 e. The molecule has 0 N–H and O–H groups in total. The van der Waals surface area contributed by atoms with Crippen LogP contribution >= 0.6 is 46.4 Å². The molecule has 0 aliphatic carbocycles. The van der Waals surface area contributed by atoms with Crippen LogP contribution < -0.4 is 10.0 Å². The lowest BCUT2D eigenvalue weighted by atomic mass is 9.93. The number of sulfone groups is 2. The highest BCUT2D eigenvalue weighted by molar-refractivity contribution is 7.92. The largest absolute Gasteiger partial charge is 0.256 e. The zero-order valence-corrected chi connectivity index (χ0v) is 38.5. The number of hydrogen-bond donors (Lipinski definition) is 0. The molecule has 8 nitrogen and oxygen atoms in total. The fraction of sp³-hybridized carbons (Fsp3) is 0.120. The molecule has 0 bridgehead atoms. The van der Waals surface area contributed by atoms with E-state index in [4.69, 9.17) is 56.6 Å². The monoisotopic (exact) mass is 962 g/mol. The predicted octanol–water partition coefficient (Wildman–Crippen LogP) is 12.2. The molecule has 0 spiro atoms. The Morgan fingerprint density at radius 3 is 1.00 bits per heavy atom. The predicted molar refractivity (Wildman–Crippen MR) is 261 cm³/mol. The first kappa shape index (κ1) is 43.8. The number of benzene rings is 7. The van der Waals surface area contributed by atoms with Crippen LogP contribution in [0.15, 0.2) is 192 Å². The molecule has 2 aliphatic rings. The summed E-state index contributed by atoms with van der Waals surface area (Å²) in [6.45, 7) is 0. The highest BCUT2D eigenvalue weighted by Crippen LogP contribution is 2.45. The van der Waals surface area contributed by atoms with Gasteiger partial charge in [-0.2, -0.15) is 10.2 Å². The molecule has 14 heteroatoms. The summed E-state index contributed by atoms with van der Waals surface area (Å²) in [4.78, 5) is 0. The normalized spacial score (nSPS) is 18.8. The standard InChI is InChI=1S/C50H38Cl4N4O4S2/c51-39-23-11-33(12-24-39)31-63(59,60)49-45(35-19-27-41(53)28-20-35)55-57(43-7-3-1-4-8-43)47(49)37-15-17-38(18-16-37)48-50(64(61,62)32-34-13-25-40(52)26-14-34)46(36-21-29-42(54)30-22-36)56-58(48)44-9-5-2-6-10-44/h1-30,47-50H,31-32H2. The van der Waals surface area contributed by atoms with Crippen molar-refractivity contribution in [3.8, 4) is 0 Å². The van der Waals surface area contributed by atoms with E-state index in [1.807, 2.05) is 84.9 Å². The van der Waals surface area contributed by atoms with Gasteiger partial charge in [0.1, 0.15) is 22.6 Å². The van der Waals surface area contributed by atoms with Gasteiger partial charge in [0.2, 0.25) is 0 Å². The highest BCUT2D eigenvalue weighted by atomic mass is 35.5. The zero-order chi connectivity index (χ0) is 44.6. The lowest BCUT2D eigenvalue weighted by Crippen LogP contribution is -2.38. The maximum Gasteiger partial charge on any atom is 0.165 e. The minimum absolute atomic E-state index is 0.273. The molecule has 7 aromatic rings. The van der Waals surface area contributed by atoms with Crippen molar-refractivity contribution < 1.29 is 16.8 Å². The Morgan fingerprint density at radius 2 is 0.688 bits per heavy atom. The molecule has 0 saturated carbocycles. The number of halogens is 4. The van der Waals surface area contributed by atoms with Crippen molar-refractivity contribution in [2.24, 2.45) is 10.2 Å². The zero-order valence-electron chi connectivity index (χ0n) is 33.8. The third-order valence-electron chi connectivity index (χ3n) is 11.3. The van der Waals surface area contributed by atoms with Gasteiger partial charge in [0, 0.05) is 20.1 Å². The maximum atomic E-state index is 15.0. The van der Waals surface area contributed by atoms with Gasteiger partial charge in [-0.25, -0.2) is 16.8 Å². The number of hydrazone groups is 2. The van der Waals surface area contributed by atoms with E-state index < -0.39 is 42.3 Å². The molecular formula is C50H38Cl4N4O4S2. The number of rotatable bonds is 12. The third kappa shape index (κ3) is 9.09. The Labute approximate surface area is 392 Å². The van der Waals surface area contributed by atoms with Crippen molar-refractivity contribution in [1.82, 2.24) is 0 Å². The summed E-state index contributed by atoms with van der Waals surface area (Å²) < 4.78 is 60.1. The highest BCUT2D eigenvalue weighted by Gasteiger charge is 2.49. The van der Waals surface area contributed by atoms with Gasteiger partial charge in [0.25, 0.3) is 0 Å². The van der Waals surface area contributed by atoms with E-state index in [0.29, 0.717) is 76.3 Å². The van der Waals surface area contributed by atoms with Crippen LogP contribution in [0.5, 0.6) is 0 Å². The molecule has 322 valence electrons. The SMILES string of the molecule is O=S(=O)(Cc1ccc(Cl)cc1)C1C(c2ccc(Cl)cc2)=NN(c2ccccc2)C1c1ccc(C2C(S(=O)(=O)Cc3ccc(Cl)cc3)C(c3ccc(Cl)cc3)=NN2c2ccccc2)cc1. The molecule has 7 aromatic carbocycles. The first-order chi connectivity index (χ1) is 30.8. The minimum atomic E-state index is -4.02. The number of para-hydroxylation sites is 2. The van der Waals surface area contributed by atoms with Gasteiger partial charge >= 0.3 is 0 Å². The van der Waals surface area contributed by atoms with Crippen LogP contribution in [-0.2, 0) is 31.2 Å². The van der Waals surface area contributed by atoms with Crippen LogP contribution in [0.1, 0.15) is 45.5 Å². The molecule has 0 saturated heterocycles. The van der Waals surface area contributed by atoms with E-state index in [9.17, 15) is 0 Å². The van der Waals surface area contributed by atoms with Gasteiger partial charge in [-0.1, -0.05) is 156 Å². The van der Waals surface area contributed by atoms with E-state index in [-0.39, 0.29) is 11.5 Å². The number of hydrogen-bond acceptors (Lipinski definition) is 8. The van der Waals surface area contributed by atoms with Crippen LogP contribution in [0, 0.1) is 0 Å². The average Bonchev–Trinajstić information content (AvgIpc) is 3.91. The second kappa shape index (κ2) is 18.2. The molecule has 9 rings (SSSR count). The minimum Gasteiger partial charge on any atom is -0.256 e. The van der Waals surface area contributed by atoms with Crippen LogP contribution in [0.25, 0.3) is 0 Å². The van der Waals surface area contributed by atoms with Crippen LogP contribution in [0.2, 0.25) is 20.1 Å². The Hall–Kier alpha value is -5.46. The quantitative estimate of drug-likeness (QED) is 0.121. The Balaban J connectivity index is 1.18. The lowest BCUT2D eigenvalue weighted by molar-refractivity contribution is 0.574. The molecule has 2 heterocycles. The second-order valence-electron chi connectivity index (χ2n) is 15.6. The van der Waals surface area contributed by atoms with Crippen molar-refractivity contribution in [3.05, 3.63) is 235 Å². The van der Waals surface area contributed by atoms with Crippen molar-refractivity contribution in [3.63, 3.8) is 0 Å². The summed E-state index contributed by atoms with van der Waals surface area (Å²) in [5, 5.41) is 13.4. The molecule has 0 aromatic heterocycles. The van der Waals surface area contributed by atoms with Crippen molar-refractivity contribution in [2.45, 2.75) is 34.1 Å². The van der Waals surface area contributed by atoms with Crippen molar-refractivity contribution >= 4 is 88.9 Å². The van der Waals surface area contributed by atoms with Crippen LogP contribution in [0.4, 0.5) is 11.4 Å². The van der Waals surface area contributed by atoms with E-state index in [1.165, 1.54) is 0 Å². The Morgan fingerprint density at radius 1 is 0.391 bits per heavy atom. The maximum absolute atomic E-state index is 15.0. The molecule has 0 amide bonds.